The highest BCUT2D eigenvalue weighted by atomic mass is 35.5. The Balaban J connectivity index is 1.77. The van der Waals surface area contributed by atoms with Gasteiger partial charge in [-0.05, 0) is 66.6 Å². The molecule has 4 aromatic carbocycles. The Morgan fingerprint density at radius 2 is 1.42 bits per heavy atom. The molecule has 0 aliphatic rings. The van der Waals surface area contributed by atoms with Gasteiger partial charge >= 0.3 is 0 Å². The second kappa shape index (κ2) is 14.7. The number of nitrogens with zero attached hydrogens (tertiary/aromatic N) is 2. The second-order valence-electron chi connectivity index (χ2n) is 9.72. The van der Waals surface area contributed by atoms with E-state index in [0.717, 1.165) is 15.4 Å². The summed E-state index contributed by atoms with van der Waals surface area (Å²) in [7, 11) is -2.71. The normalized spacial score (nSPS) is 11.8. The molecule has 4 aromatic rings. The van der Waals surface area contributed by atoms with Crippen LogP contribution in [0, 0.1) is 0 Å². The minimum absolute atomic E-state index is 0.0275. The molecule has 0 bridgehead atoms. The SMILES string of the molecule is CCOc1ccc(N(CC(=O)N(Cc2ccccc2)C(Cc2ccccc2)C(=O)NC)S(=O)(=O)c2ccc(Cl)cc2)cc1. The zero-order valence-corrected chi connectivity index (χ0v) is 25.6. The number of nitrogens with one attached hydrogen (secondary N) is 1. The summed E-state index contributed by atoms with van der Waals surface area (Å²) in [6.45, 7) is 1.85. The van der Waals surface area contributed by atoms with E-state index in [0.29, 0.717) is 17.4 Å². The molecular weight excluding hydrogens is 586 g/mol. The van der Waals surface area contributed by atoms with E-state index in [1.807, 2.05) is 67.6 Å². The number of carbonyl (C=O) groups excluding carboxylic acids is 2. The Morgan fingerprint density at radius 3 is 1.98 bits per heavy atom. The van der Waals surface area contributed by atoms with Gasteiger partial charge in [0.2, 0.25) is 11.8 Å². The predicted octanol–water partition coefficient (Wildman–Crippen LogP) is 5.32. The van der Waals surface area contributed by atoms with Gasteiger partial charge in [0.15, 0.2) is 0 Å². The molecule has 8 nitrogen and oxygen atoms in total. The fourth-order valence-electron chi connectivity index (χ4n) is 4.64. The summed E-state index contributed by atoms with van der Waals surface area (Å²) in [4.78, 5) is 29.0. The summed E-state index contributed by atoms with van der Waals surface area (Å²) in [5, 5.41) is 3.06. The van der Waals surface area contributed by atoms with E-state index in [9.17, 15) is 18.0 Å². The first-order chi connectivity index (χ1) is 20.7. The van der Waals surface area contributed by atoms with Crippen LogP contribution < -0.4 is 14.4 Å². The lowest BCUT2D eigenvalue weighted by molar-refractivity contribution is -0.139. The van der Waals surface area contributed by atoms with Crippen LogP contribution in [0.1, 0.15) is 18.1 Å². The van der Waals surface area contributed by atoms with Crippen LogP contribution in [0.5, 0.6) is 5.75 Å². The maximum absolute atomic E-state index is 14.3. The van der Waals surface area contributed by atoms with Crippen molar-refractivity contribution < 1.29 is 22.7 Å². The number of benzene rings is 4. The molecule has 0 saturated heterocycles. The quantitative estimate of drug-likeness (QED) is 0.219. The van der Waals surface area contributed by atoms with Crippen LogP contribution >= 0.6 is 11.6 Å². The third-order valence-electron chi connectivity index (χ3n) is 6.83. The van der Waals surface area contributed by atoms with Crippen LogP contribution in [0.2, 0.25) is 5.02 Å². The van der Waals surface area contributed by atoms with E-state index in [-0.39, 0.29) is 29.5 Å². The lowest BCUT2D eigenvalue weighted by Gasteiger charge is -2.33. The van der Waals surface area contributed by atoms with Crippen molar-refractivity contribution in [3.63, 3.8) is 0 Å². The molecule has 224 valence electrons. The average molecular weight is 620 g/mol. The van der Waals surface area contributed by atoms with Crippen molar-refractivity contribution >= 4 is 39.1 Å². The third-order valence-corrected chi connectivity index (χ3v) is 8.87. The number of hydrogen-bond acceptors (Lipinski definition) is 5. The van der Waals surface area contributed by atoms with E-state index in [4.69, 9.17) is 16.3 Å². The third kappa shape index (κ3) is 8.15. The summed E-state index contributed by atoms with van der Waals surface area (Å²) in [5.41, 5.74) is 1.93. The highest BCUT2D eigenvalue weighted by Gasteiger charge is 2.34. The minimum Gasteiger partial charge on any atom is -0.494 e. The van der Waals surface area contributed by atoms with Gasteiger partial charge in [-0.25, -0.2) is 8.42 Å². The number of likely N-dealkylation sites (N-methyl/N-ethyl adjacent to an activating group) is 1. The van der Waals surface area contributed by atoms with Crippen molar-refractivity contribution in [3.8, 4) is 5.75 Å². The van der Waals surface area contributed by atoms with Crippen molar-refractivity contribution in [2.75, 3.05) is 24.5 Å². The number of hydrogen-bond donors (Lipinski definition) is 1. The van der Waals surface area contributed by atoms with E-state index in [1.165, 1.54) is 36.2 Å². The Labute approximate surface area is 257 Å². The van der Waals surface area contributed by atoms with Crippen molar-refractivity contribution in [2.45, 2.75) is 30.8 Å². The van der Waals surface area contributed by atoms with Crippen LogP contribution in [0.3, 0.4) is 0 Å². The fraction of sp³-hybridized carbons (Fsp3) is 0.212. The number of anilines is 1. The summed E-state index contributed by atoms with van der Waals surface area (Å²) in [6.07, 6.45) is 0.242. The molecule has 10 heteroatoms. The van der Waals surface area contributed by atoms with Crippen LogP contribution in [-0.2, 0) is 32.6 Å². The number of ether oxygens (including phenoxy) is 1. The molecule has 0 saturated carbocycles. The number of carbonyl (C=O) groups is 2. The maximum Gasteiger partial charge on any atom is 0.264 e. The highest BCUT2D eigenvalue weighted by molar-refractivity contribution is 7.92. The largest absolute Gasteiger partial charge is 0.494 e. The van der Waals surface area contributed by atoms with Crippen LogP contribution in [0.25, 0.3) is 0 Å². The van der Waals surface area contributed by atoms with Gasteiger partial charge in [-0.15, -0.1) is 0 Å². The molecule has 1 N–H and O–H groups in total. The van der Waals surface area contributed by atoms with Gasteiger partial charge < -0.3 is 15.0 Å². The Morgan fingerprint density at radius 1 is 0.837 bits per heavy atom. The van der Waals surface area contributed by atoms with Crippen LogP contribution in [0.4, 0.5) is 5.69 Å². The molecule has 0 heterocycles. The first kappa shape index (κ1) is 31.6. The van der Waals surface area contributed by atoms with Gasteiger partial charge in [0.1, 0.15) is 18.3 Å². The zero-order chi connectivity index (χ0) is 30.8. The smallest absolute Gasteiger partial charge is 0.264 e. The molecule has 0 radical (unpaired) electrons. The van der Waals surface area contributed by atoms with Crippen molar-refractivity contribution in [1.82, 2.24) is 10.2 Å². The summed E-state index contributed by atoms with van der Waals surface area (Å²) in [5.74, 6) is -0.337. The molecule has 0 aliphatic heterocycles. The van der Waals surface area contributed by atoms with Crippen molar-refractivity contribution in [2.24, 2.45) is 0 Å². The van der Waals surface area contributed by atoms with Crippen LogP contribution in [0.15, 0.2) is 114 Å². The first-order valence-electron chi connectivity index (χ1n) is 13.8. The average Bonchev–Trinajstić information content (AvgIpc) is 3.03. The van der Waals surface area contributed by atoms with E-state index in [1.54, 1.807) is 24.3 Å². The molecule has 0 aromatic heterocycles. The van der Waals surface area contributed by atoms with Crippen LogP contribution in [-0.4, -0.2) is 51.4 Å². The lowest BCUT2D eigenvalue weighted by atomic mass is 10.0. The summed E-state index contributed by atoms with van der Waals surface area (Å²) in [6, 6.07) is 30.0. The molecule has 2 amide bonds. The first-order valence-corrected chi connectivity index (χ1v) is 15.6. The number of sulfonamides is 1. The Hall–Kier alpha value is -4.34. The van der Waals surface area contributed by atoms with Gasteiger partial charge in [0.25, 0.3) is 10.0 Å². The molecule has 0 aliphatic carbocycles. The second-order valence-corrected chi connectivity index (χ2v) is 12.0. The number of halogens is 1. The summed E-state index contributed by atoms with van der Waals surface area (Å²) < 4.78 is 34.6. The van der Waals surface area contributed by atoms with Crippen molar-refractivity contribution in [1.29, 1.82) is 0 Å². The molecule has 4 rings (SSSR count). The molecule has 0 spiro atoms. The van der Waals surface area contributed by atoms with Gasteiger partial charge in [0, 0.05) is 25.0 Å². The zero-order valence-electron chi connectivity index (χ0n) is 24.0. The molecule has 1 atom stereocenters. The number of amides is 2. The van der Waals surface area contributed by atoms with Gasteiger partial charge in [-0.1, -0.05) is 72.3 Å². The number of rotatable bonds is 13. The topological polar surface area (TPSA) is 96.0 Å². The molecule has 43 heavy (non-hydrogen) atoms. The standard InChI is InChI=1S/C33H34ClN3O5S/c1-3-42-29-18-16-28(17-19-29)37(43(40,41)30-20-14-27(34)15-21-30)24-32(38)36(23-26-12-8-5-9-13-26)31(33(39)35-2)22-25-10-6-4-7-11-25/h4-21,31H,3,22-24H2,1-2H3,(H,35,39). The predicted molar refractivity (Wildman–Crippen MR) is 169 cm³/mol. The fourth-order valence-corrected chi connectivity index (χ4v) is 6.18. The van der Waals surface area contributed by atoms with Gasteiger partial charge in [-0.3, -0.25) is 13.9 Å². The van der Waals surface area contributed by atoms with E-state index >= 15 is 0 Å². The minimum atomic E-state index is -4.22. The molecule has 0 fully saturated rings. The maximum atomic E-state index is 14.3. The summed E-state index contributed by atoms with van der Waals surface area (Å²) >= 11 is 6.03. The van der Waals surface area contributed by atoms with Crippen molar-refractivity contribution in [3.05, 3.63) is 125 Å². The Bertz CT molecular complexity index is 1600. The Kier molecular flexibility index (Phi) is 10.8. The molecule has 1 unspecified atom stereocenters. The van der Waals surface area contributed by atoms with Gasteiger partial charge in [0.05, 0.1) is 17.2 Å². The van der Waals surface area contributed by atoms with E-state index < -0.39 is 28.5 Å². The highest BCUT2D eigenvalue weighted by Crippen LogP contribution is 2.27. The van der Waals surface area contributed by atoms with E-state index in [2.05, 4.69) is 5.32 Å². The molecular formula is C33H34ClN3O5S. The van der Waals surface area contributed by atoms with Gasteiger partial charge in [-0.2, -0.15) is 0 Å². The lowest BCUT2D eigenvalue weighted by Crippen LogP contribution is -2.53. The monoisotopic (exact) mass is 619 g/mol.